The van der Waals surface area contributed by atoms with Crippen LogP contribution in [0.5, 0.6) is 0 Å². The molecule has 0 spiro atoms. The molecule has 1 heteroatoms. The SMILES string of the molecule is CCC(CC)CC1(C(C)C)CCCCCN1. The monoisotopic (exact) mass is 225 g/mol. The Morgan fingerprint density at radius 2 is 1.75 bits per heavy atom. The van der Waals surface area contributed by atoms with Gasteiger partial charge in [0.25, 0.3) is 0 Å². The molecule has 0 saturated carbocycles. The van der Waals surface area contributed by atoms with Gasteiger partial charge < -0.3 is 5.32 Å². The molecular formula is C15H31N. The Bertz CT molecular complexity index is 174. The average molecular weight is 225 g/mol. The number of hydrogen-bond acceptors (Lipinski definition) is 1. The fourth-order valence-electron chi connectivity index (χ4n) is 3.16. The van der Waals surface area contributed by atoms with Crippen molar-refractivity contribution in [2.24, 2.45) is 11.8 Å². The highest BCUT2D eigenvalue weighted by molar-refractivity contribution is 4.93. The van der Waals surface area contributed by atoms with Crippen LogP contribution in [-0.4, -0.2) is 12.1 Å². The minimum Gasteiger partial charge on any atom is -0.311 e. The quantitative estimate of drug-likeness (QED) is 0.732. The van der Waals surface area contributed by atoms with E-state index in [-0.39, 0.29) is 0 Å². The Hall–Kier alpha value is -0.0400. The van der Waals surface area contributed by atoms with Gasteiger partial charge >= 0.3 is 0 Å². The molecule has 1 N–H and O–H groups in total. The van der Waals surface area contributed by atoms with Crippen molar-refractivity contribution in [3.63, 3.8) is 0 Å². The molecular weight excluding hydrogens is 194 g/mol. The van der Waals surface area contributed by atoms with Crippen molar-refractivity contribution in [1.29, 1.82) is 0 Å². The van der Waals surface area contributed by atoms with Crippen molar-refractivity contribution in [2.45, 2.75) is 78.2 Å². The topological polar surface area (TPSA) is 12.0 Å². The van der Waals surface area contributed by atoms with E-state index >= 15 is 0 Å². The number of nitrogens with one attached hydrogen (secondary N) is 1. The highest BCUT2D eigenvalue weighted by atomic mass is 15.0. The van der Waals surface area contributed by atoms with Gasteiger partial charge in [0, 0.05) is 5.54 Å². The standard InChI is InChI=1S/C15H31N/c1-5-14(6-2)12-15(13(3)4)10-8-7-9-11-16-15/h13-14,16H,5-12H2,1-4H3. The fraction of sp³-hybridized carbons (Fsp3) is 1.00. The molecule has 0 aromatic heterocycles. The van der Waals surface area contributed by atoms with Crippen LogP contribution in [0.1, 0.15) is 72.6 Å². The molecule has 0 radical (unpaired) electrons. The van der Waals surface area contributed by atoms with E-state index in [9.17, 15) is 0 Å². The molecule has 1 heterocycles. The van der Waals surface area contributed by atoms with Gasteiger partial charge in [-0.1, -0.05) is 53.4 Å². The minimum atomic E-state index is 0.438. The molecule has 1 rings (SSSR count). The maximum absolute atomic E-state index is 3.89. The molecule has 0 aromatic rings. The second-order valence-electron chi connectivity index (χ2n) is 5.93. The molecule has 1 atom stereocenters. The molecule has 16 heavy (non-hydrogen) atoms. The van der Waals surface area contributed by atoms with Crippen molar-refractivity contribution in [2.75, 3.05) is 6.54 Å². The van der Waals surface area contributed by atoms with Crippen LogP contribution >= 0.6 is 0 Å². The first kappa shape index (κ1) is 14.0. The molecule has 1 unspecified atom stereocenters. The zero-order valence-electron chi connectivity index (χ0n) is 11.8. The molecule has 0 amide bonds. The summed E-state index contributed by atoms with van der Waals surface area (Å²) in [5.41, 5.74) is 0.438. The Kier molecular flexibility index (Phi) is 5.82. The van der Waals surface area contributed by atoms with E-state index in [1.807, 2.05) is 0 Å². The van der Waals surface area contributed by atoms with E-state index in [0.717, 1.165) is 11.8 Å². The summed E-state index contributed by atoms with van der Waals surface area (Å²) in [7, 11) is 0. The summed E-state index contributed by atoms with van der Waals surface area (Å²) in [5.74, 6) is 1.68. The summed E-state index contributed by atoms with van der Waals surface area (Å²) in [6.45, 7) is 10.7. The van der Waals surface area contributed by atoms with E-state index in [4.69, 9.17) is 0 Å². The van der Waals surface area contributed by atoms with Gasteiger partial charge in [0.15, 0.2) is 0 Å². The van der Waals surface area contributed by atoms with Gasteiger partial charge in [-0.25, -0.2) is 0 Å². The van der Waals surface area contributed by atoms with Gasteiger partial charge in [-0.05, 0) is 37.6 Å². The van der Waals surface area contributed by atoms with Gasteiger partial charge in [0.2, 0.25) is 0 Å². The van der Waals surface area contributed by atoms with Crippen LogP contribution in [0.25, 0.3) is 0 Å². The first-order valence-corrected chi connectivity index (χ1v) is 7.39. The van der Waals surface area contributed by atoms with Crippen molar-refractivity contribution in [3.05, 3.63) is 0 Å². The maximum Gasteiger partial charge on any atom is 0.0207 e. The van der Waals surface area contributed by atoms with Crippen LogP contribution in [0.15, 0.2) is 0 Å². The molecule has 0 bridgehead atoms. The van der Waals surface area contributed by atoms with E-state index < -0.39 is 0 Å². The first-order valence-electron chi connectivity index (χ1n) is 7.39. The van der Waals surface area contributed by atoms with Crippen LogP contribution in [0.2, 0.25) is 0 Å². The van der Waals surface area contributed by atoms with Crippen molar-refractivity contribution < 1.29 is 0 Å². The predicted molar refractivity (Wildman–Crippen MR) is 72.7 cm³/mol. The van der Waals surface area contributed by atoms with E-state index in [1.165, 1.54) is 51.5 Å². The molecule has 1 fully saturated rings. The van der Waals surface area contributed by atoms with E-state index in [0.29, 0.717) is 5.54 Å². The summed E-state index contributed by atoms with van der Waals surface area (Å²) in [6, 6.07) is 0. The second kappa shape index (κ2) is 6.64. The maximum atomic E-state index is 3.89. The van der Waals surface area contributed by atoms with E-state index in [2.05, 4.69) is 33.0 Å². The van der Waals surface area contributed by atoms with Crippen LogP contribution in [-0.2, 0) is 0 Å². The van der Waals surface area contributed by atoms with Crippen LogP contribution < -0.4 is 5.32 Å². The molecule has 1 nitrogen and oxygen atoms in total. The third kappa shape index (κ3) is 3.48. The summed E-state index contributed by atoms with van der Waals surface area (Å²) in [6.07, 6.45) is 9.67. The highest BCUT2D eigenvalue weighted by Gasteiger charge is 2.35. The molecule has 0 aromatic carbocycles. The Morgan fingerprint density at radius 1 is 1.06 bits per heavy atom. The van der Waals surface area contributed by atoms with Gasteiger partial charge in [0.05, 0.1) is 0 Å². The highest BCUT2D eigenvalue weighted by Crippen LogP contribution is 2.34. The zero-order chi connectivity index (χ0) is 12.0. The lowest BCUT2D eigenvalue weighted by molar-refractivity contribution is 0.173. The fourth-order valence-corrected chi connectivity index (χ4v) is 3.16. The molecule has 96 valence electrons. The van der Waals surface area contributed by atoms with Crippen molar-refractivity contribution >= 4 is 0 Å². The third-order valence-electron chi connectivity index (χ3n) is 4.69. The number of hydrogen-bond donors (Lipinski definition) is 1. The first-order chi connectivity index (χ1) is 7.64. The van der Waals surface area contributed by atoms with Crippen LogP contribution in [0.4, 0.5) is 0 Å². The summed E-state index contributed by atoms with van der Waals surface area (Å²) >= 11 is 0. The van der Waals surface area contributed by atoms with Gasteiger partial charge in [-0.2, -0.15) is 0 Å². The summed E-state index contributed by atoms with van der Waals surface area (Å²) in [5, 5.41) is 3.89. The molecule has 0 aliphatic carbocycles. The normalized spacial score (nSPS) is 27.4. The Labute approximate surface area is 102 Å². The molecule has 1 aliphatic rings. The van der Waals surface area contributed by atoms with Crippen LogP contribution in [0.3, 0.4) is 0 Å². The Morgan fingerprint density at radius 3 is 2.31 bits per heavy atom. The second-order valence-corrected chi connectivity index (χ2v) is 5.93. The lowest BCUT2D eigenvalue weighted by Crippen LogP contribution is -2.50. The van der Waals surface area contributed by atoms with Gasteiger partial charge in [-0.3, -0.25) is 0 Å². The molecule has 1 saturated heterocycles. The van der Waals surface area contributed by atoms with Gasteiger partial charge in [-0.15, -0.1) is 0 Å². The largest absolute Gasteiger partial charge is 0.311 e. The summed E-state index contributed by atoms with van der Waals surface area (Å²) < 4.78 is 0. The zero-order valence-corrected chi connectivity index (χ0v) is 11.8. The average Bonchev–Trinajstić information content (AvgIpc) is 2.52. The predicted octanol–water partition coefficient (Wildman–Crippen LogP) is 4.37. The van der Waals surface area contributed by atoms with Crippen LogP contribution in [0, 0.1) is 11.8 Å². The number of rotatable bonds is 5. The van der Waals surface area contributed by atoms with E-state index in [1.54, 1.807) is 0 Å². The summed E-state index contributed by atoms with van der Waals surface area (Å²) in [4.78, 5) is 0. The lowest BCUT2D eigenvalue weighted by Gasteiger charge is -2.40. The molecule has 1 aliphatic heterocycles. The van der Waals surface area contributed by atoms with Gasteiger partial charge in [0.1, 0.15) is 0 Å². The lowest BCUT2D eigenvalue weighted by atomic mass is 9.74. The third-order valence-corrected chi connectivity index (χ3v) is 4.69. The minimum absolute atomic E-state index is 0.438. The van der Waals surface area contributed by atoms with Crippen molar-refractivity contribution in [3.8, 4) is 0 Å². The Balaban J connectivity index is 2.69. The smallest absolute Gasteiger partial charge is 0.0207 e. The van der Waals surface area contributed by atoms with Crippen molar-refractivity contribution in [1.82, 2.24) is 5.32 Å².